The SMILES string of the molecule is CCCCCCC(CCS)C(=O)[O-].CCCCCCC(CCS)C(=O)[O-].CCCCCCC(CCS)C(=O)[O-].OCCS.[CH3][Sn+3]. The molecule has 0 rings (SSSR count). The predicted octanol–water partition coefficient (Wildman–Crippen LogP) is 5.04. The van der Waals surface area contributed by atoms with Crippen LogP contribution in [0.2, 0.25) is 4.94 Å². The molecule has 0 aromatic carbocycles. The first-order valence-electron chi connectivity index (χ1n) is 16.7. The Labute approximate surface area is 312 Å². The Hall–Kier alpha value is 0.569. The zero-order valence-corrected chi connectivity index (χ0v) is 35.1. The first kappa shape index (κ1) is 55.0. The summed E-state index contributed by atoms with van der Waals surface area (Å²) in [5.74, 6) is -1.12. The normalized spacial score (nSPS) is 11.9. The molecular formula is C33H66O7S4Sn. The van der Waals surface area contributed by atoms with Gasteiger partial charge in [-0.1, -0.05) is 97.8 Å². The number of aliphatic hydroxyl groups excluding tert-OH is 1. The molecule has 0 heterocycles. The molecule has 3 atom stereocenters. The standard InChI is InChI=1S/3C10H20O2S.C2H6OS.CH3.Sn/c3*1-2-3-4-5-6-9(7-8-13)10(11)12;3-1-2-4;;/h3*9,13H,2-8H2,1H3,(H,11,12);3-4H,1-2H2;1H3;/q;;;;;+3/p-3. The van der Waals surface area contributed by atoms with Crippen LogP contribution in [0.3, 0.4) is 0 Å². The Kier molecular flexibility index (Phi) is 59.8. The van der Waals surface area contributed by atoms with Crippen molar-refractivity contribution >= 4 is 90.9 Å². The van der Waals surface area contributed by atoms with Crippen molar-refractivity contribution in [2.24, 2.45) is 17.8 Å². The Balaban J connectivity index is -0.000000163. The van der Waals surface area contributed by atoms with E-state index in [4.69, 9.17) is 5.11 Å². The van der Waals surface area contributed by atoms with Gasteiger partial charge in [0.1, 0.15) is 0 Å². The summed E-state index contributed by atoms with van der Waals surface area (Å²) in [6, 6.07) is 0. The number of aliphatic hydroxyl groups is 1. The molecule has 0 fully saturated rings. The van der Waals surface area contributed by atoms with Gasteiger partial charge in [0, 0.05) is 23.7 Å². The number of hydrogen-bond donors (Lipinski definition) is 5. The van der Waals surface area contributed by atoms with Gasteiger partial charge in [0.25, 0.3) is 0 Å². The van der Waals surface area contributed by atoms with Gasteiger partial charge < -0.3 is 34.8 Å². The number of carbonyl (C=O) groups is 3. The number of thiol groups is 4. The number of hydrogen-bond acceptors (Lipinski definition) is 11. The second-order valence-electron chi connectivity index (χ2n) is 10.6. The minimum atomic E-state index is -0.912. The van der Waals surface area contributed by atoms with Crippen LogP contribution in [-0.4, -0.2) is 75.2 Å². The van der Waals surface area contributed by atoms with Gasteiger partial charge in [-0.15, -0.1) is 0 Å². The summed E-state index contributed by atoms with van der Waals surface area (Å²) in [6.45, 7) is 6.61. The van der Waals surface area contributed by atoms with Gasteiger partial charge in [0.2, 0.25) is 0 Å². The molecular weight excluding hydrogens is 755 g/mol. The molecule has 0 aromatic rings. The van der Waals surface area contributed by atoms with Crippen molar-refractivity contribution in [2.45, 2.75) is 141 Å². The van der Waals surface area contributed by atoms with Crippen LogP contribution in [0.15, 0.2) is 0 Å². The quantitative estimate of drug-likeness (QED) is 0.0494. The summed E-state index contributed by atoms with van der Waals surface area (Å²) in [6.07, 6.45) is 17.7. The second kappa shape index (κ2) is 49.0. The topological polar surface area (TPSA) is 141 Å². The van der Waals surface area contributed by atoms with Crippen LogP contribution in [0.5, 0.6) is 0 Å². The van der Waals surface area contributed by atoms with Crippen molar-refractivity contribution in [1.82, 2.24) is 0 Å². The van der Waals surface area contributed by atoms with Gasteiger partial charge >= 0.3 is 27.5 Å². The van der Waals surface area contributed by atoms with Crippen LogP contribution < -0.4 is 15.3 Å². The molecule has 0 radical (unpaired) electrons. The number of aliphatic carboxylic acids is 3. The summed E-state index contributed by atoms with van der Waals surface area (Å²) >= 11 is 17.3. The fraction of sp³-hybridized carbons (Fsp3) is 0.909. The van der Waals surface area contributed by atoms with E-state index in [1.165, 1.54) is 38.5 Å². The van der Waals surface area contributed by atoms with Crippen molar-refractivity contribution in [3.63, 3.8) is 0 Å². The molecule has 0 aromatic heterocycles. The average molecular weight is 822 g/mol. The number of carboxylic acid groups (broad SMARTS) is 3. The summed E-state index contributed by atoms with van der Waals surface area (Å²) < 4.78 is 0. The van der Waals surface area contributed by atoms with E-state index >= 15 is 0 Å². The summed E-state index contributed by atoms with van der Waals surface area (Å²) in [7, 11) is 0. The third-order valence-electron chi connectivity index (χ3n) is 6.75. The van der Waals surface area contributed by atoms with Crippen molar-refractivity contribution in [3.05, 3.63) is 0 Å². The maximum absolute atomic E-state index is 10.6. The van der Waals surface area contributed by atoms with E-state index < -0.39 is 17.9 Å². The zero-order chi connectivity index (χ0) is 35.7. The molecule has 268 valence electrons. The second-order valence-corrected chi connectivity index (χ2v) is 12.4. The number of carbonyl (C=O) groups excluding carboxylic acids is 3. The summed E-state index contributed by atoms with van der Waals surface area (Å²) in [4.78, 5) is 33.9. The Morgan fingerprint density at radius 1 is 0.489 bits per heavy atom. The van der Waals surface area contributed by atoms with Gasteiger partial charge in [0.05, 0.1) is 6.61 Å². The van der Waals surface area contributed by atoms with Crippen LogP contribution in [-0.2, 0) is 14.4 Å². The molecule has 0 bridgehead atoms. The molecule has 0 saturated heterocycles. The summed E-state index contributed by atoms with van der Waals surface area (Å²) in [5.41, 5.74) is 0. The minimum absolute atomic E-state index is 0.184. The van der Waals surface area contributed by atoms with E-state index in [1.54, 1.807) is 22.5 Å². The van der Waals surface area contributed by atoms with E-state index in [9.17, 15) is 29.7 Å². The van der Waals surface area contributed by atoms with Crippen molar-refractivity contribution in [3.8, 4) is 0 Å². The molecule has 45 heavy (non-hydrogen) atoms. The Bertz CT molecular complexity index is 527. The Morgan fingerprint density at radius 2 is 0.711 bits per heavy atom. The summed E-state index contributed by atoms with van der Waals surface area (Å²) in [5, 5.41) is 39.6. The maximum atomic E-state index is 10.6. The monoisotopic (exact) mass is 822 g/mol. The van der Waals surface area contributed by atoms with Crippen LogP contribution in [0.25, 0.3) is 0 Å². The van der Waals surface area contributed by atoms with Crippen LogP contribution in [0, 0.1) is 17.8 Å². The molecule has 0 saturated carbocycles. The fourth-order valence-electron chi connectivity index (χ4n) is 4.06. The molecule has 7 nitrogen and oxygen atoms in total. The zero-order valence-electron chi connectivity index (χ0n) is 28.7. The molecule has 3 unspecified atom stereocenters. The van der Waals surface area contributed by atoms with Crippen LogP contribution >= 0.6 is 50.5 Å². The van der Waals surface area contributed by atoms with E-state index in [0.29, 0.717) is 42.3 Å². The molecule has 0 aliphatic carbocycles. The van der Waals surface area contributed by atoms with Crippen molar-refractivity contribution < 1.29 is 34.8 Å². The fourth-order valence-corrected chi connectivity index (χ4v) is 5.00. The number of rotatable bonds is 25. The molecule has 0 aliphatic rings. The van der Waals surface area contributed by atoms with Gasteiger partial charge in [-0.25, -0.2) is 0 Å². The van der Waals surface area contributed by atoms with E-state index in [-0.39, 0.29) is 24.4 Å². The van der Waals surface area contributed by atoms with E-state index in [1.807, 2.05) is 0 Å². The van der Waals surface area contributed by atoms with Gasteiger partial charge in [-0.2, -0.15) is 50.5 Å². The van der Waals surface area contributed by atoms with Crippen LogP contribution in [0.1, 0.15) is 136 Å². The van der Waals surface area contributed by atoms with Gasteiger partial charge in [-0.05, 0) is 73.5 Å². The van der Waals surface area contributed by atoms with Crippen molar-refractivity contribution in [2.75, 3.05) is 29.6 Å². The first-order chi connectivity index (χ1) is 21.6. The average Bonchev–Trinajstić information content (AvgIpc) is 3.03. The number of unbranched alkanes of at least 4 members (excludes halogenated alkanes) is 9. The Morgan fingerprint density at radius 3 is 0.844 bits per heavy atom. The van der Waals surface area contributed by atoms with Gasteiger partial charge in [0.15, 0.2) is 0 Å². The molecule has 1 N–H and O–H groups in total. The third kappa shape index (κ3) is 49.1. The van der Waals surface area contributed by atoms with Crippen LogP contribution in [0.4, 0.5) is 0 Å². The molecule has 0 spiro atoms. The molecule has 0 amide bonds. The molecule has 12 heteroatoms. The van der Waals surface area contributed by atoms with Gasteiger partial charge in [-0.3, -0.25) is 0 Å². The third-order valence-corrected chi connectivity index (χ3v) is 7.73. The molecule has 0 aliphatic heterocycles. The number of carboxylic acids is 3. The predicted molar refractivity (Wildman–Crippen MR) is 200 cm³/mol. The van der Waals surface area contributed by atoms with E-state index in [0.717, 1.165) is 57.8 Å². The van der Waals surface area contributed by atoms with Crippen molar-refractivity contribution in [1.29, 1.82) is 0 Å². The van der Waals surface area contributed by atoms with E-state index in [2.05, 4.69) is 76.2 Å². The first-order valence-corrected chi connectivity index (χ1v) is 22.1.